The van der Waals surface area contributed by atoms with Crippen LogP contribution in [0.5, 0.6) is 0 Å². The quantitative estimate of drug-likeness (QED) is 0.230. The summed E-state index contributed by atoms with van der Waals surface area (Å²) in [5, 5.41) is 0. The van der Waals surface area contributed by atoms with Gasteiger partial charge in [0.05, 0.1) is 24.3 Å². The fourth-order valence-corrected chi connectivity index (χ4v) is 3.38. The Bertz CT molecular complexity index is 753. The number of aryl methyl sites for hydroxylation is 1. The Morgan fingerprint density at radius 3 is 1.39 bits per heavy atom. The Morgan fingerprint density at radius 2 is 0.935 bits per heavy atom. The highest BCUT2D eigenvalue weighted by Crippen LogP contribution is 2.12. The first kappa shape index (κ1) is 24.6. The zero-order valence-electron chi connectivity index (χ0n) is 18.8. The summed E-state index contributed by atoms with van der Waals surface area (Å²) in [4.78, 5) is 23.7. The molecule has 0 unspecified atom stereocenters. The first-order valence-corrected chi connectivity index (χ1v) is 11.6. The van der Waals surface area contributed by atoms with Gasteiger partial charge in [-0.1, -0.05) is 87.3 Å². The van der Waals surface area contributed by atoms with Gasteiger partial charge in [0.25, 0.3) is 0 Å². The average molecular weight is 425 g/mol. The number of rotatable bonds is 15. The van der Waals surface area contributed by atoms with Crippen molar-refractivity contribution in [1.29, 1.82) is 0 Å². The van der Waals surface area contributed by atoms with E-state index in [2.05, 4.69) is 0 Å². The van der Waals surface area contributed by atoms with Crippen molar-refractivity contribution in [1.82, 2.24) is 0 Å². The summed E-state index contributed by atoms with van der Waals surface area (Å²) in [5.74, 6) is -0.458. The lowest BCUT2D eigenvalue weighted by atomic mass is 10.1. The minimum atomic E-state index is -0.231. The van der Waals surface area contributed by atoms with Crippen LogP contribution < -0.4 is 0 Å². The topological polar surface area (TPSA) is 52.6 Å². The lowest BCUT2D eigenvalue weighted by molar-refractivity contribution is 0.0488. The molecule has 0 bridgehead atoms. The van der Waals surface area contributed by atoms with Crippen LogP contribution in [0.25, 0.3) is 0 Å². The van der Waals surface area contributed by atoms with Crippen LogP contribution in [-0.4, -0.2) is 25.2 Å². The highest BCUT2D eigenvalue weighted by molar-refractivity contribution is 5.89. The summed E-state index contributed by atoms with van der Waals surface area (Å²) in [6, 6.07) is 16.6. The van der Waals surface area contributed by atoms with Crippen molar-refractivity contribution >= 4 is 11.9 Å². The molecule has 0 saturated heterocycles. The van der Waals surface area contributed by atoms with Crippen LogP contribution in [-0.2, 0) is 9.47 Å². The summed E-state index contributed by atoms with van der Waals surface area (Å²) in [5.41, 5.74) is 2.38. The number of hydrogen-bond donors (Lipinski definition) is 0. The van der Waals surface area contributed by atoms with E-state index in [4.69, 9.17) is 9.47 Å². The molecule has 0 aromatic heterocycles. The minimum Gasteiger partial charge on any atom is -0.462 e. The molecule has 0 N–H and O–H groups in total. The van der Waals surface area contributed by atoms with Gasteiger partial charge < -0.3 is 9.47 Å². The number of ether oxygens (including phenoxy) is 2. The SMILES string of the molecule is Cc1ccc(C(=O)OCCCCCCCCCCCCOC(=O)c2ccccc2)cc1. The fourth-order valence-electron chi connectivity index (χ4n) is 3.38. The summed E-state index contributed by atoms with van der Waals surface area (Å²) < 4.78 is 10.6. The van der Waals surface area contributed by atoms with Gasteiger partial charge >= 0.3 is 11.9 Å². The van der Waals surface area contributed by atoms with Crippen molar-refractivity contribution in [3.8, 4) is 0 Å². The van der Waals surface area contributed by atoms with E-state index in [1.165, 1.54) is 38.5 Å². The van der Waals surface area contributed by atoms with E-state index < -0.39 is 0 Å². The number of benzene rings is 2. The van der Waals surface area contributed by atoms with E-state index in [0.29, 0.717) is 24.3 Å². The zero-order chi connectivity index (χ0) is 22.2. The normalized spacial score (nSPS) is 10.6. The molecule has 0 saturated carbocycles. The van der Waals surface area contributed by atoms with Crippen LogP contribution in [0.15, 0.2) is 54.6 Å². The molecule has 168 valence electrons. The number of esters is 2. The standard InChI is InChI=1S/C27H36O4/c1-23-17-19-25(20-18-23)27(29)31-22-14-9-7-5-3-2-4-6-8-13-21-30-26(28)24-15-11-10-12-16-24/h10-12,15-20H,2-9,13-14,21-22H2,1H3. The van der Waals surface area contributed by atoms with Crippen LogP contribution in [0.4, 0.5) is 0 Å². The highest BCUT2D eigenvalue weighted by Gasteiger charge is 2.06. The fraction of sp³-hybridized carbons (Fsp3) is 0.481. The number of hydrogen-bond acceptors (Lipinski definition) is 4. The van der Waals surface area contributed by atoms with Crippen molar-refractivity contribution in [2.75, 3.05) is 13.2 Å². The van der Waals surface area contributed by atoms with E-state index in [0.717, 1.165) is 31.2 Å². The Morgan fingerprint density at radius 1 is 0.548 bits per heavy atom. The molecule has 2 rings (SSSR count). The van der Waals surface area contributed by atoms with Gasteiger partial charge in [0.2, 0.25) is 0 Å². The minimum absolute atomic E-state index is 0.227. The summed E-state index contributed by atoms with van der Waals surface area (Å²) in [7, 11) is 0. The maximum Gasteiger partial charge on any atom is 0.338 e. The van der Waals surface area contributed by atoms with E-state index in [1.807, 2.05) is 49.4 Å². The molecule has 2 aromatic carbocycles. The first-order valence-electron chi connectivity index (χ1n) is 11.6. The van der Waals surface area contributed by atoms with Crippen LogP contribution in [0.3, 0.4) is 0 Å². The third kappa shape index (κ3) is 10.8. The Hall–Kier alpha value is -2.62. The Labute approximate surface area is 187 Å². The Kier molecular flexibility index (Phi) is 12.1. The van der Waals surface area contributed by atoms with Crippen molar-refractivity contribution in [3.05, 3.63) is 71.3 Å². The second-order valence-electron chi connectivity index (χ2n) is 8.04. The van der Waals surface area contributed by atoms with Gasteiger partial charge in [-0.05, 0) is 44.0 Å². The molecule has 0 spiro atoms. The average Bonchev–Trinajstić information content (AvgIpc) is 2.80. The number of carbonyl (C=O) groups is 2. The van der Waals surface area contributed by atoms with Crippen LogP contribution >= 0.6 is 0 Å². The third-order valence-corrected chi connectivity index (χ3v) is 5.30. The molecular weight excluding hydrogens is 388 g/mol. The molecule has 31 heavy (non-hydrogen) atoms. The molecule has 0 heterocycles. The van der Waals surface area contributed by atoms with E-state index >= 15 is 0 Å². The maximum atomic E-state index is 11.9. The molecule has 0 aliphatic carbocycles. The molecule has 4 heteroatoms. The maximum absolute atomic E-state index is 11.9. The Balaban J connectivity index is 1.33. The summed E-state index contributed by atoms with van der Waals surface area (Å²) in [6.45, 7) is 3.01. The summed E-state index contributed by atoms with van der Waals surface area (Å²) in [6.07, 6.45) is 11.4. The van der Waals surface area contributed by atoms with Crippen molar-refractivity contribution in [2.24, 2.45) is 0 Å². The second kappa shape index (κ2) is 15.2. The van der Waals surface area contributed by atoms with Crippen molar-refractivity contribution in [2.45, 2.75) is 71.1 Å². The lowest BCUT2D eigenvalue weighted by Gasteiger charge is -2.06. The van der Waals surface area contributed by atoms with Crippen molar-refractivity contribution in [3.63, 3.8) is 0 Å². The van der Waals surface area contributed by atoms with Crippen molar-refractivity contribution < 1.29 is 19.1 Å². The molecule has 0 atom stereocenters. The smallest absolute Gasteiger partial charge is 0.338 e. The van der Waals surface area contributed by atoms with Gasteiger partial charge in [-0.25, -0.2) is 9.59 Å². The molecule has 0 aliphatic heterocycles. The van der Waals surface area contributed by atoms with E-state index in [1.54, 1.807) is 12.1 Å². The molecule has 0 radical (unpaired) electrons. The van der Waals surface area contributed by atoms with E-state index in [9.17, 15) is 9.59 Å². The highest BCUT2D eigenvalue weighted by atomic mass is 16.5. The second-order valence-corrected chi connectivity index (χ2v) is 8.04. The molecule has 0 fully saturated rings. The molecule has 0 aliphatic rings. The molecule has 0 amide bonds. The lowest BCUT2D eigenvalue weighted by Crippen LogP contribution is -2.06. The molecule has 4 nitrogen and oxygen atoms in total. The summed E-state index contributed by atoms with van der Waals surface area (Å²) >= 11 is 0. The van der Waals surface area contributed by atoms with Gasteiger partial charge in [-0.2, -0.15) is 0 Å². The van der Waals surface area contributed by atoms with Gasteiger partial charge in [-0.15, -0.1) is 0 Å². The predicted octanol–water partition coefficient (Wildman–Crippen LogP) is 6.91. The van der Waals surface area contributed by atoms with E-state index in [-0.39, 0.29) is 11.9 Å². The van der Waals surface area contributed by atoms with Crippen LogP contribution in [0.2, 0.25) is 0 Å². The zero-order valence-corrected chi connectivity index (χ0v) is 18.8. The predicted molar refractivity (Wildman–Crippen MR) is 124 cm³/mol. The van der Waals surface area contributed by atoms with Gasteiger partial charge in [0.15, 0.2) is 0 Å². The third-order valence-electron chi connectivity index (χ3n) is 5.30. The van der Waals surface area contributed by atoms with Crippen LogP contribution in [0, 0.1) is 6.92 Å². The van der Waals surface area contributed by atoms with Gasteiger partial charge in [-0.3, -0.25) is 0 Å². The first-order chi connectivity index (χ1) is 15.2. The van der Waals surface area contributed by atoms with Gasteiger partial charge in [0, 0.05) is 0 Å². The monoisotopic (exact) mass is 424 g/mol. The number of carbonyl (C=O) groups excluding carboxylic acids is 2. The molecular formula is C27H36O4. The molecule has 2 aromatic rings. The largest absolute Gasteiger partial charge is 0.462 e. The van der Waals surface area contributed by atoms with Crippen LogP contribution in [0.1, 0.15) is 90.5 Å². The van der Waals surface area contributed by atoms with Gasteiger partial charge in [0.1, 0.15) is 0 Å². The number of unbranched alkanes of at least 4 members (excludes halogenated alkanes) is 9.